The second-order valence-corrected chi connectivity index (χ2v) is 10.9. The van der Waals surface area contributed by atoms with E-state index >= 15 is 0 Å². The van der Waals surface area contributed by atoms with Crippen molar-refractivity contribution in [3.63, 3.8) is 0 Å². The lowest BCUT2D eigenvalue weighted by molar-refractivity contribution is -0.274. The monoisotopic (exact) mass is 638 g/mol. The van der Waals surface area contributed by atoms with E-state index < -0.39 is 18.6 Å². The molecular formula is C31H26F4N6O3S. The van der Waals surface area contributed by atoms with Crippen molar-refractivity contribution < 1.29 is 31.9 Å². The number of thioether (sulfide) groups is 1. The number of halogens is 4. The molecule has 0 radical (unpaired) electrons. The molecule has 4 aromatic rings. The molecule has 14 heteroatoms. The van der Waals surface area contributed by atoms with Gasteiger partial charge in [-0.25, -0.2) is 23.8 Å². The zero-order valence-corrected chi connectivity index (χ0v) is 24.8. The average Bonchev–Trinajstić information content (AvgIpc) is 3.64. The normalized spacial score (nSPS) is 15.3. The van der Waals surface area contributed by atoms with E-state index in [0.717, 1.165) is 54.1 Å². The molecule has 0 spiro atoms. The minimum absolute atomic E-state index is 0.129. The highest BCUT2D eigenvalue weighted by atomic mass is 32.2. The molecule has 1 saturated heterocycles. The summed E-state index contributed by atoms with van der Waals surface area (Å²) in [6.07, 6.45) is -2.64. The van der Waals surface area contributed by atoms with Gasteiger partial charge >= 0.3 is 12.4 Å². The van der Waals surface area contributed by atoms with Crippen LogP contribution in [-0.2, 0) is 11.2 Å². The molecule has 0 bridgehead atoms. The fourth-order valence-electron chi connectivity index (χ4n) is 4.51. The molecule has 1 aromatic heterocycles. The number of benzene rings is 3. The SMILES string of the molecule is CCCc1ccc(C)cc1N1C(=O)CSC1=NC(=O)N=CC(F)c1ccc(-c2ncn(-c3ccc(OC(F)(F)F)cc3)n2)cc1. The number of alkyl halides is 4. The maximum absolute atomic E-state index is 15.0. The number of rotatable bonds is 8. The predicted octanol–water partition coefficient (Wildman–Crippen LogP) is 7.43. The largest absolute Gasteiger partial charge is 0.573 e. The van der Waals surface area contributed by atoms with Gasteiger partial charge in [0.1, 0.15) is 12.1 Å². The Kier molecular flexibility index (Phi) is 9.42. The molecule has 9 nitrogen and oxygen atoms in total. The van der Waals surface area contributed by atoms with Crippen LogP contribution in [0, 0.1) is 6.92 Å². The molecular weight excluding hydrogens is 612 g/mol. The summed E-state index contributed by atoms with van der Waals surface area (Å²) in [6.45, 7) is 3.95. The molecule has 1 aliphatic rings. The first kappa shape index (κ1) is 31.6. The predicted molar refractivity (Wildman–Crippen MR) is 164 cm³/mol. The van der Waals surface area contributed by atoms with Crippen LogP contribution in [0.15, 0.2) is 83.0 Å². The lowest BCUT2D eigenvalue weighted by Crippen LogP contribution is -2.30. The minimum Gasteiger partial charge on any atom is -0.406 e. The maximum atomic E-state index is 15.0. The van der Waals surface area contributed by atoms with Gasteiger partial charge in [-0.3, -0.25) is 9.69 Å². The number of carbonyl (C=O) groups excluding carboxylic acids is 2. The number of ether oxygens (including phenoxy) is 1. The summed E-state index contributed by atoms with van der Waals surface area (Å²) in [5.74, 6) is -0.131. The number of amides is 3. The number of aryl methyl sites for hydroxylation is 2. The quantitative estimate of drug-likeness (QED) is 0.147. The van der Waals surface area contributed by atoms with Crippen LogP contribution in [0.3, 0.4) is 0 Å². The molecule has 232 valence electrons. The zero-order chi connectivity index (χ0) is 32.1. The molecule has 45 heavy (non-hydrogen) atoms. The number of carbonyl (C=O) groups is 2. The lowest BCUT2D eigenvalue weighted by Gasteiger charge is -2.20. The summed E-state index contributed by atoms with van der Waals surface area (Å²) < 4.78 is 57.4. The Balaban J connectivity index is 1.24. The summed E-state index contributed by atoms with van der Waals surface area (Å²) in [6, 6.07) is 16.2. The van der Waals surface area contributed by atoms with Crippen LogP contribution < -0.4 is 9.64 Å². The third-order valence-corrected chi connectivity index (χ3v) is 7.51. The number of hydrogen-bond acceptors (Lipinski definition) is 6. The maximum Gasteiger partial charge on any atom is 0.573 e. The van der Waals surface area contributed by atoms with Gasteiger partial charge < -0.3 is 4.74 Å². The molecule has 1 atom stereocenters. The summed E-state index contributed by atoms with van der Waals surface area (Å²) >= 11 is 1.13. The number of hydrogen-bond donors (Lipinski definition) is 0. The van der Waals surface area contributed by atoms with E-state index in [1.807, 2.05) is 32.0 Å². The van der Waals surface area contributed by atoms with Gasteiger partial charge in [0, 0.05) is 11.8 Å². The van der Waals surface area contributed by atoms with Crippen molar-refractivity contribution in [2.24, 2.45) is 9.98 Å². The summed E-state index contributed by atoms with van der Waals surface area (Å²) in [5, 5.41) is 4.52. The Bertz CT molecular complexity index is 1750. The molecule has 0 aliphatic carbocycles. The van der Waals surface area contributed by atoms with E-state index in [0.29, 0.717) is 22.8 Å². The van der Waals surface area contributed by atoms with E-state index in [4.69, 9.17) is 0 Å². The molecule has 5 rings (SSSR count). The first-order valence-corrected chi connectivity index (χ1v) is 14.7. The van der Waals surface area contributed by atoms with Gasteiger partial charge in [-0.1, -0.05) is 61.5 Å². The standard InChI is InChI=1S/C31H26F4N6O3S/c1-3-4-21-6-5-19(2)15-26(21)41-27(42)17-45-30(41)38-29(43)36-16-25(32)20-7-9-22(10-8-20)28-37-18-40(39-28)23-11-13-24(14-12-23)44-31(33,34)35/h5-16,18,25H,3-4,17H2,1-2H3. The van der Waals surface area contributed by atoms with Crippen LogP contribution in [0.4, 0.5) is 28.0 Å². The second kappa shape index (κ2) is 13.4. The van der Waals surface area contributed by atoms with Gasteiger partial charge in [0.15, 0.2) is 17.2 Å². The van der Waals surface area contributed by atoms with E-state index in [1.54, 1.807) is 12.1 Å². The average molecular weight is 639 g/mol. The smallest absolute Gasteiger partial charge is 0.406 e. The van der Waals surface area contributed by atoms with E-state index in [-0.39, 0.29) is 28.1 Å². The number of nitrogens with zero attached hydrogens (tertiary/aromatic N) is 6. The zero-order valence-electron chi connectivity index (χ0n) is 24.0. The second-order valence-electron chi connectivity index (χ2n) is 9.93. The molecule has 1 aliphatic heterocycles. The number of aliphatic imine (C=N–C) groups is 2. The van der Waals surface area contributed by atoms with Crippen LogP contribution in [0.25, 0.3) is 17.1 Å². The van der Waals surface area contributed by atoms with Crippen LogP contribution in [0.5, 0.6) is 5.75 Å². The number of amidine groups is 1. The van der Waals surface area contributed by atoms with Crippen LogP contribution in [0.2, 0.25) is 0 Å². The van der Waals surface area contributed by atoms with Gasteiger partial charge in [0.25, 0.3) is 0 Å². The highest BCUT2D eigenvalue weighted by Gasteiger charge is 2.32. The fourth-order valence-corrected chi connectivity index (χ4v) is 5.36. The summed E-state index contributed by atoms with van der Waals surface area (Å²) in [7, 11) is 0. The Hall–Kier alpha value is -4.85. The molecule has 3 aromatic carbocycles. The molecule has 1 unspecified atom stereocenters. The van der Waals surface area contributed by atoms with Crippen molar-refractivity contribution >= 4 is 40.8 Å². The van der Waals surface area contributed by atoms with Crippen molar-refractivity contribution in [1.82, 2.24) is 14.8 Å². The third kappa shape index (κ3) is 7.81. The topological polar surface area (TPSA) is 102 Å². The van der Waals surface area contributed by atoms with Crippen LogP contribution in [-0.4, -0.2) is 50.2 Å². The van der Waals surface area contributed by atoms with E-state index in [9.17, 15) is 27.2 Å². The highest BCUT2D eigenvalue weighted by molar-refractivity contribution is 8.15. The number of urea groups is 1. The molecule has 3 amide bonds. The Morgan fingerprint density at radius 3 is 2.53 bits per heavy atom. The first-order valence-electron chi connectivity index (χ1n) is 13.7. The van der Waals surface area contributed by atoms with Crippen molar-refractivity contribution in [3.8, 4) is 22.8 Å². The highest BCUT2D eigenvalue weighted by Crippen LogP contribution is 2.32. The Morgan fingerprint density at radius 1 is 1.11 bits per heavy atom. The van der Waals surface area contributed by atoms with Crippen molar-refractivity contribution in [2.45, 2.75) is 39.2 Å². The summed E-state index contributed by atoms with van der Waals surface area (Å²) in [4.78, 5) is 38.5. The Labute approximate surface area is 259 Å². The molecule has 1 fully saturated rings. The van der Waals surface area contributed by atoms with Gasteiger partial charge in [-0.15, -0.1) is 18.3 Å². The number of aromatic nitrogens is 3. The minimum atomic E-state index is -4.79. The third-order valence-electron chi connectivity index (χ3n) is 6.59. The van der Waals surface area contributed by atoms with Crippen LogP contribution in [0.1, 0.15) is 36.2 Å². The van der Waals surface area contributed by atoms with E-state index in [1.165, 1.54) is 40.2 Å². The van der Waals surface area contributed by atoms with Crippen LogP contribution >= 0.6 is 11.8 Å². The van der Waals surface area contributed by atoms with E-state index in [2.05, 4.69) is 24.8 Å². The van der Waals surface area contributed by atoms with Gasteiger partial charge in [0.05, 0.1) is 17.1 Å². The molecule has 0 saturated carbocycles. The van der Waals surface area contributed by atoms with Gasteiger partial charge in [-0.05, 0) is 60.4 Å². The first-order chi connectivity index (χ1) is 21.5. The number of anilines is 1. The fraction of sp³-hybridized carbons (Fsp3) is 0.226. The van der Waals surface area contributed by atoms with Crippen molar-refractivity contribution in [1.29, 1.82) is 0 Å². The van der Waals surface area contributed by atoms with Crippen molar-refractivity contribution in [2.75, 3.05) is 10.7 Å². The van der Waals surface area contributed by atoms with Crippen molar-refractivity contribution in [3.05, 3.63) is 89.7 Å². The lowest BCUT2D eigenvalue weighted by atomic mass is 10.0. The van der Waals surface area contributed by atoms with Gasteiger partial charge in [-0.2, -0.15) is 4.99 Å². The summed E-state index contributed by atoms with van der Waals surface area (Å²) in [5.41, 5.74) is 3.84. The molecule has 0 N–H and O–H groups in total. The van der Waals surface area contributed by atoms with Gasteiger partial charge in [0.2, 0.25) is 5.91 Å². The molecule has 2 heterocycles. The Morgan fingerprint density at radius 2 is 1.84 bits per heavy atom.